The second kappa shape index (κ2) is 11.3. The topological polar surface area (TPSA) is 144 Å². The van der Waals surface area contributed by atoms with Gasteiger partial charge in [0.05, 0.1) is 0 Å². The number of carboxylic acids is 1. The fourth-order valence-corrected chi connectivity index (χ4v) is 4.79. The van der Waals surface area contributed by atoms with Crippen molar-refractivity contribution in [2.45, 2.75) is 82.8 Å². The van der Waals surface area contributed by atoms with E-state index in [1.54, 1.807) is 6.07 Å². The molecule has 4 rings (SSSR count). The summed E-state index contributed by atoms with van der Waals surface area (Å²) in [4.78, 5) is 25.2. The number of aromatic nitrogens is 3. The van der Waals surface area contributed by atoms with Gasteiger partial charge in [0.25, 0.3) is 0 Å². The molecule has 1 saturated carbocycles. The lowest BCUT2D eigenvalue weighted by Gasteiger charge is -2.24. The van der Waals surface area contributed by atoms with Crippen LogP contribution in [0.4, 0.5) is 23.5 Å². The van der Waals surface area contributed by atoms with Crippen LogP contribution in [0, 0.1) is 0 Å². The van der Waals surface area contributed by atoms with Crippen LogP contribution in [0.1, 0.15) is 75.1 Å². The zero-order chi connectivity index (χ0) is 23.9. The summed E-state index contributed by atoms with van der Waals surface area (Å²) in [5.74, 6) is -0.207. The number of hydrogen-bond donors (Lipinski definition) is 6. The Kier molecular flexibility index (Phi) is 7.99. The molecule has 2 aromatic rings. The van der Waals surface area contributed by atoms with Gasteiger partial charge in [-0.05, 0) is 56.8 Å². The Morgan fingerprint density at radius 2 is 1.79 bits per heavy atom. The Morgan fingerprint density at radius 1 is 1.06 bits per heavy atom. The fraction of sp³-hybridized carbons (Fsp3) is 0.583. The highest BCUT2D eigenvalue weighted by Gasteiger charge is 2.24. The fourth-order valence-electron chi connectivity index (χ4n) is 4.79. The van der Waals surface area contributed by atoms with Crippen molar-refractivity contribution >= 4 is 29.5 Å². The van der Waals surface area contributed by atoms with Gasteiger partial charge in [-0.3, -0.25) is 0 Å². The summed E-state index contributed by atoms with van der Waals surface area (Å²) >= 11 is 0. The number of phenols is 1. The van der Waals surface area contributed by atoms with Crippen molar-refractivity contribution in [3.63, 3.8) is 0 Å². The number of hydrogen-bond acceptors (Lipinski definition) is 9. The molecular formula is C24H35N7O3. The molecule has 6 N–H and O–H groups in total. The highest BCUT2D eigenvalue weighted by atomic mass is 16.4. The lowest BCUT2D eigenvalue weighted by atomic mass is 10.0. The molecule has 1 aromatic carbocycles. The van der Waals surface area contributed by atoms with E-state index in [-0.39, 0.29) is 17.4 Å². The first-order valence-corrected chi connectivity index (χ1v) is 12.4. The second-order valence-electron chi connectivity index (χ2n) is 9.16. The molecule has 2 aliphatic rings. The molecule has 0 bridgehead atoms. The minimum absolute atomic E-state index is 0.187. The number of nitrogens with zero attached hydrogens (tertiary/aromatic N) is 3. The Labute approximate surface area is 200 Å². The molecular weight excluding hydrogens is 434 g/mol. The van der Waals surface area contributed by atoms with E-state index < -0.39 is 5.97 Å². The lowest BCUT2D eigenvalue weighted by molar-refractivity contribution is 0.0694. The van der Waals surface area contributed by atoms with Crippen LogP contribution in [0.25, 0.3) is 0 Å². The molecule has 184 valence electrons. The molecule has 2 unspecified atom stereocenters. The smallest absolute Gasteiger partial charge is 0.339 e. The largest absolute Gasteiger partial charge is 0.507 e. The summed E-state index contributed by atoms with van der Waals surface area (Å²) in [5, 5.41) is 32.8. The van der Waals surface area contributed by atoms with E-state index in [1.165, 1.54) is 37.8 Å². The third-order valence-corrected chi connectivity index (χ3v) is 6.65. The third kappa shape index (κ3) is 6.25. The second-order valence-corrected chi connectivity index (χ2v) is 9.16. The van der Waals surface area contributed by atoms with Gasteiger partial charge in [0.15, 0.2) is 0 Å². The minimum Gasteiger partial charge on any atom is -0.507 e. The minimum atomic E-state index is -1.20. The molecule has 1 aliphatic heterocycles. The van der Waals surface area contributed by atoms with Crippen molar-refractivity contribution in [3.8, 4) is 5.75 Å². The normalized spacial score (nSPS) is 19.9. The van der Waals surface area contributed by atoms with Crippen LogP contribution in [0.5, 0.6) is 5.75 Å². The first-order chi connectivity index (χ1) is 16.5. The molecule has 1 aromatic heterocycles. The zero-order valence-corrected chi connectivity index (χ0v) is 19.7. The summed E-state index contributed by atoms with van der Waals surface area (Å²) in [6.45, 7) is 3.17. The Morgan fingerprint density at radius 3 is 2.47 bits per heavy atom. The average Bonchev–Trinajstić information content (AvgIpc) is 3.23. The van der Waals surface area contributed by atoms with Gasteiger partial charge < -0.3 is 31.5 Å². The van der Waals surface area contributed by atoms with Crippen molar-refractivity contribution in [3.05, 3.63) is 23.8 Å². The SMILES string of the molecule is CCC(Nc1nc(Nc2ccc(O)c(C(=O)O)c2)nc(NC2CCCCCC2)n1)C1CCCN1. The van der Waals surface area contributed by atoms with Crippen LogP contribution in [0.3, 0.4) is 0 Å². The molecule has 2 heterocycles. The molecule has 10 nitrogen and oxygen atoms in total. The number of anilines is 4. The van der Waals surface area contributed by atoms with Crippen molar-refractivity contribution in [1.82, 2.24) is 20.3 Å². The van der Waals surface area contributed by atoms with Crippen molar-refractivity contribution in [1.29, 1.82) is 0 Å². The molecule has 1 aliphatic carbocycles. The van der Waals surface area contributed by atoms with Crippen LogP contribution in [0.15, 0.2) is 18.2 Å². The Bertz CT molecular complexity index is 973. The standard InChI is InChI=1S/C24H35N7O3/c1-2-18(19-10-7-13-25-19)28-24-30-22(26-15-8-5-3-4-6-9-15)29-23(31-24)27-16-11-12-20(32)17(14-16)21(33)34/h11-12,14-15,18-19,25,32H,2-10,13H2,1H3,(H,33,34)(H3,26,27,28,29,30,31). The summed E-state index contributed by atoms with van der Waals surface area (Å²) < 4.78 is 0. The molecule has 10 heteroatoms. The number of carboxylic acid groups (broad SMARTS) is 1. The maximum absolute atomic E-state index is 11.4. The van der Waals surface area contributed by atoms with Gasteiger partial charge in [-0.15, -0.1) is 0 Å². The van der Waals surface area contributed by atoms with Crippen LogP contribution >= 0.6 is 0 Å². The van der Waals surface area contributed by atoms with E-state index in [0.717, 1.165) is 38.6 Å². The van der Waals surface area contributed by atoms with Crippen molar-refractivity contribution < 1.29 is 15.0 Å². The summed E-state index contributed by atoms with van der Waals surface area (Å²) in [6.07, 6.45) is 10.3. The maximum atomic E-state index is 11.4. The number of rotatable bonds is 9. The predicted octanol–water partition coefficient (Wildman–Crippen LogP) is 4.10. The maximum Gasteiger partial charge on any atom is 0.339 e. The molecule has 34 heavy (non-hydrogen) atoms. The monoisotopic (exact) mass is 469 g/mol. The lowest BCUT2D eigenvalue weighted by Crippen LogP contribution is -2.40. The highest BCUT2D eigenvalue weighted by Crippen LogP contribution is 2.25. The van der Waals surface area contributed by atoms with Crippen LogP contribution in [-0.2, 0) is 0 Å². The summed E-state index contributed by atoms with van der Waals surface area (Å²) in [5.41, 5.74) is 0.282. The average molecular weight is 470 g/mol. The van der Waals surface area contributed by atoms with Crippen LogP contribution in [0.2, 0.25) is 0 Å². The molecule has 0 amide bonds. The van der Waals surface area contributed by atoms with Gasteiger partial charge in [-0.25, -0.2) is 4.79 Å². The summed E-state index contributed by atoms with van der Waals surface area (Å²) in [6, 6.07) is 5.17. The van der Waals surface area contributed by atoms with Crippen LogP contribution in [-0.4, -0.2) is 55.8 Å². The molecule has 0 spiro atoms. The van der Waals surface area contributed by atoms with Crippen LogP contribution < -0.4 is 21.3 Å². The zero-order valence-electron chi connectivity index (χ0n) is 19.7. The number of nitrogens with one attached hydrogen (secondary N) is 4. The first kappa shape index (κ1) is 24.0. The molecule has 2 atom stereocenters. The number of aromatic carboxylic acids is 1. The third-order valence-electron chi connectivity index (χ3n) is 6.65. The molecule has 0 radical (unpaired) electrons. The quantitative estimate of drug-likeness (QED) is 0.234. The van der Waals surface area contributed by atoms with Gasteiger partial charge in [-0.1, -0.05) is 32.6 Å². The summed E-state index contributed by atoms with van der Waals surface area (Å²) in [7, 11) is 0. The van der Waals surface area contributed by atoms with E-state index >= 15 is 0 Å². The van der Waals surface area contributed by atoms with E-state index in [9.17, 15) is 15.0 Å². The number of aromatic hydroxyl groups is 1. The van der Waals surface area contributed by atoms with E-state index in [1.807, 2.05) is 0 Å². The van der Waals surface area contributed by atoms with Gasteiger partial charge in [0.2, 0.25) is 17.8 Å². The number of benzene rings is 1. The van der Waals surface area contributed by atoms with Crippen molar-refractivity contribution in [2.24, 2.45) is 0 Å². The Balaban J connectivity index is 1.59. The molecule has 1 saturated heterocycles. The molecule has 2 fully saturated rings. The van der Waals surface area contributed by atoms with Crippen molar-refractivity contribution in [2.75, 3.05) is 22.5 Å². The van der Waals surface area contributed by atoms with E-state index in [2.05, 4.69) is 43.1 Å². The van der Waals surface area contributed by atoms with E-state index in [4.69, 9.17) is 0 Å². The van der Waals surface area contributed by atoms with Gasteiger partial charge >= 0.3 is 5.97 Å². The van der Waals surface area contributed by atoms with E-state index in [0.29, 0.717) is 35.6 Å². The first-order valence-electron chi connectivity index (χ1n) is 12.4. The van der Waals surface area contributed by atoms with Gasteiger partial charge in [0, 0.05) is 23.8 Å². The van der Waals surface area contributed by atoms with Gasteiger partial charge in [-0.2, -0.15) is 15.0 Å². The highest BCUT2D eigenvalue weighted by molar-refractivity contribution is 5.92. The number of carbonyl (C=O) groups is 1. The Hall–Kier alpha value is -3.14. The van der Waals surface area contributed by atoms with Gasteiger partial charge in [0.1, 0.15) is 11.3 Å². The predicted molar refractivity (Wildman–Crippen MR) is 132 cm³/mol.